The molecule has 0 amide bonds. The molecule has 3 nitrogen and oxygen atoms in total. The number of nitrogens with zero attached hydrogens (tertiary/aromatic N) is 1. The SMILES string of the molecule is OC(COCc1cccs1)CN1CCCC2CCCC21. The maximum atomic E-state index is 10.2. The number of β-amino-alcohol motifs (C(OH)–C–C–N with tert-alkyl or cyclic N) is 1. The molecule has 4 heteroatoms. The third kappa shape index (κ3) is 3.61. The summed E-state index contributed by atoms with van der Waals surface area (Å²) in [6.45, 7) is 3.02. The van der Waals surface area contributed by atoms with Crippen molar-refractivity contribution in [3.63, 3.8) is 0 Å². The Morgan fingerprint density at radius 1 is 1.35 bits per heavy atom. The van der Waals surface area contributed by atoms with Gasteiger partial charge in [-0.2, -0.15) is 0 Å². The molecule has 2 fully saturated rings. The highest BCUT2D eigenvalue weighted by molar-refractivity contribution is 7.09. The molecule has 1 aromatic rings. The number of piperidine rings is 1. The summed E-state index contributed by atoms with van der Waals surface area (Å²) < 4.78 is 5.63. The van der Waals surface area contributed by atoms with Gasteiger partial charge in [0, 0.05) is 17.5 Å². The molecular weight excluding hydrogens is 270 g/mol. The molecule has 1 aromatic heterocycles. The van der Waals surface area contributed by atoms with Crippen LogP contribution in [0.4, 0.5) is 0 Å². The summed E-state index contributed by atoms with van der Waals surface area (Å²) in [4.78, 5) is 3.74. The summed E-state index contributed by atoms with van der Waals surface area (Å²) in [6.07, 6.45) is 6.43. The van der Waals surface area contributed by atoms with Crippen LogP contribution in [-0.4, -0.2) is 41.8 Å². The minimum Gasteiger partial charge on any atom is -0.389 e. The third-order valence-corrected chi connectivity index (χ3v) is 5.54. The van der Waals surface area contributed by atoms with Crippen LogP contribution in [0, 0.1) is 5.92 Å². The van der Waals surface area contributed by atoms with E-state index in [1.807, 2.05) is 6.07 Å². The summed E-state index contributed by atoms with van der Waals surface area (Å²) in [5.74, 6) is 0.892. The van der Waals surface area contributed by atoms with E-state index in [9.17, 15) is 5.11 Å². The van der Waals surface area contributed by atoms with E-state index in [0.717, 1.165) is 25.0 Å². The van der Waals surface area contributed by atoms with Crippen LogP contribution in [0.3, 0.4) is 0 Å². The molecule has 1 N–H and O–H groups in total. The lowest BCUT2D eigenvalue weighted by atomic mass is 9.92. The fourth-order valence-electron chi connectivity index (χ4n) is 3.80. The van der Waals surface area contributed by atoms with Gasteiger partial charge < -0.3 is 9.84 Å². The first-order valence-electron chi connectivity index (χ1n) is 7.85. The zero-order valence-electron chi connectivity index (χ0n) is 12.0. The lowest BCUT2D eigenvalue weighted by Gasteiger charge is -2.38. The van der Waals surface area contributed by atoms with Crippen LogP contribution in [0.5, 0.6) is 0 Å². The molecule has 0 radical (unpaired) electrons. The maximum Gasteiger partial charge on any atom is 0.0900 e. The predicted octanol–water partition coefficient (Wildman–Crippen LogP) is 2.89. The number of fused-ring (bicyclic) bond motifs is 1. The topological polar surface area (TPSA) is 32.7 Å². The van der Waals surface area contributed by atoms with Gasteiger partial charge in [-0.25, -0.2) is 0 Å². The fraction of sp³-hybridized carbons (Fsp3) is 0.750. The average molecular weight is 295 g/mol. The van der Waals surface area contributed by atoms with Crippen LogP contribution < -0.4 is 0 Å². The summed E-state index contributed by atoms with van der Waals surface area (Å²) in [5.41, 5.74) is 0. The van der Waals surface area contributed by atoms with Gasteiger partial charge in [0.2, 0.25) is 0 Å². The van der Waals surface area contributed by atoms with Crippen molar-refractivity contribution in [2.24, 2.45) is 5.92 Å². The minimum atomic E-state index is -0.352. The van der Waals surface area contributed by atoms with E-state index in [1.165, 1.54) is 37.0 Å². The van der Waals surface area contributed by atoms with Crippen molar-refractivity contribution >= 4 is 11.3 Å². The molecule has 0 aromatic carbocycles. The lowest BCUT2D eigenvalue weighted by Crippen LogP contribution is -2.46. The highest BCUT2D eigenvalue weighted by Gasteiger charge is 2.35. The number of thiophene rings is 1. The van der Waals surface area contributed by atoms with E-state index >= 15 is 0 Å². The van der Waals surface area contributed by atoms with E-state index in [-0.39, 0.29) is 6.10 Å². The second kappa shape index (κ2) is 7.03. The number of aliphatic hydroxyl groups is 1. The van der Waals surface area contributed by atoms with Crippen LogP contribution in [0.15, 0.2) is 17.5 Å². The van der Waals surface area contributed by atoms with Gasteiger partial charge >= 0.3 is 0 Å². The Labute approximate surface area is 125 Å². The molecule has 2 aliphatic rings. The first-order chi connectivity index (χ1) is 9.83. The van der Waals surface area contributed by atoms with Gasteiger partial charge in [0.25, 0.3) is 0 Å². The van der Waals surface area contributed by atoms with Crippen LogP contribution in [0.2, 0.25) is 0 Å². The smallest absolute Gasteiger partial charge is 0.0900 e. The van der Waals surface area contributed by atoms with Gasteiger partial charge in [-0.05, 0) is 49.6 Å². The molecule has 3 rings (SSSR count). The Morgan fingerprint density at radius 2 is 2.25 bits per heavy atom. The Kier molecular flexibility index (Phi) is 5.10. The molecule has 0 spiro atoms. The second-order valence-corrected chi connectivity index (χ2v) is 7.18. The average Bonchev–Trinajstić information content (AvgIpc) is 3.09. The molecular formula is C16H25NO2S. The molecule has 112 valence electrons. The van der Waals surface area contributed by atoms with Crippen molar-refractivity contribution in [2.75, 3.05) is 19.7 Å². The number of hydrogen-bond donors (Lipinski definition) is 1. The van der Waals surface area contributed by atoms with Gasteiger partial charge in [0.05, 0.1) is 19.3 Å². The van der Waals surface area contributed by atoms with Crippen molar-refractivity contribution in [1.82, 2.24) is 4.90 Å². The number of rotatable bonds is 6. The van der Waals surface area contributed by atoms with Gasteiger partial charge in [-0.3, -0.25) is 4.90 Å². The summed E-state index contributed by atoms with van der Waals surface area (Å²) >= 11 is 1.71. The molecule has 2 heterocycles. The van der Waals surface area contributed by atoms with Crippen molar-refractivity contribution in [1.29, 1.82) is 0 Å². The normalized spacial score (nSPS) is 28.4. The summed E-state index contributed by atoms with van der Waals surface area (Å²) in [7, 11) is 0. The third-order valence-electron chi connectivity index (χ3n) is 4.69. The number of ether oxygens (including phenoxy) is 1. The minimum absolute atomic E-state index is 0.352. The molecule has 3 atom stereocenters. The number of aliphatic hydroxyl groups excluding tert-OH is 1. The molecule has 1 saturated carbocycles. The maximum absolute atomic E-state index is 10.2. The standard InChI is InChI=1S/C16H25NO2S/c18-14(11-19-12-15-6-3-9-20-15)10-17-8-2-5-13-4-1-7-16(13)17/h3,6,9,13-14,16,18H,1-2,4-5,7-8,10-12H2. The largest absolute Gasteiger partial charge is 0.389 e. The van der Waals surface area contributed by atoms with Crippen LogP contribution >= 0.6 is 11.3 Å². The molecule has 20 heavy (non-hydrogen) atoms. The van der Waals surface area contributed by atoms with Gasteiger partial charge in [-0.15, -0.1) is 11.3 Å². The second-order valence-electron chi connectivity index (χ2n) is 6.14. The predicted molar refractivity (Wildman–Crippen MR) is 81.9 cm³/mol. The molecule has 3 unspecified atom stereocenters. The summed E-state index contributed by atoms with van der Waals surface area (Å²) in [6, 6.07) is 4.84. The van der Waals surface area contributed by atoms with Crippen LogP contribution in [0.25, 0.3) is 0 Å². The Morgan fingerprint density at radius 3 is 3.10 bits per heavy atom. The quantitative estimate of drug-likeness (QED) is 0.876. The fourth-order valence-corrected chi connectivity index (χ4v) is 4.44. The molecule has 1 aliphatic heterocycles. The molecule has 1 aliphatic carbocycles. The van der Waals surface area contributed by atoms with Crippen LogP contribution in [0.1, 0.15) is 37.0 Å². The Hall–Kier alpha value is -0.420. The highest BCUT2D eigenvalue weighted by atomic mass is 32.1. The summed E-state index contributed by atoms with van der Waals surface area (Å²) in [5, 5.41) is 12.2. The zero-order valence-corrected chi connectivity index (χ0v) is 12.9. The van der Waals surface area contributed by atoms with Gasteiger partial charge in [-0.1, -0.05) is 12.5 Å². The van der Waals surface area contributed by atoms with Crippen molar-refractivity contribution < 1.29 is 9.84 Å². The van der Waals surface area contributed by atoms with E-state index in [2.05, 4.69) is 16.3 Å². The Balaban J connectivity index is 1.40. The number of likely N-dealkylation sites (tertiary alicyclic amines) is 1. The van der Waals surface area contributed by atoms with Gasteiger partial charge in [0.1, 0.15) is 0 Å². The van der Waals surface area contributed by atoms with E-state index in [1.54, 1.807) is 11.3 Å². The van der Waals surface area contributed by atoms with E-state index in [4.69, 9.17) is 4.74 Å². The molecule has 0 bridgehead atoms. The zero-order chi connectivity index (χ0) is 13.8. The lowest BCUT2D eigenvalue weighted by molar-refractivity contribution is -0.00801. The van der Waals surface area contributed by atoms with Crippen molar-refractivity contribution in [3.8, 4) is 0 Å². The van der Waals surface area contributed by atoms with Gasteiger partial charge in [0.15, 0.2) is 0 Å². The number of hydrogen-bond acceptors (Lipinski definition) is 4. The first kappa shape index (κ1) is 14.5. The monoisotopic (exact) mass is 295 g/mol. The van der Waals surface area contributed by atoms with Crippen LogP contribution in [-0.2, 0) is 11.3 Å². The van der Waals surface area contributed by atoms with E-state index < -0.39 is 0 Å². The molecule has 1 saturated heterocycles. The van der Waals surface area contributed by atoms with Crippen molar-refractivity contribution in [3.05, 3.63) is 22.4 Å². The van der Waals surface area contributed by atoms with Crippen molar-refractivity contribution in [2.45, 2.75) is 50.9 Å². The first-order valence-corrected chi connectivity index (χ1v) is 8.73. The highest BCUT2D eigenvalue weighted by Crippen LogP contribution is 2.36. The Bertz CT molecular complexity index is 395. The van der Waals surface area contributed by atoms with E-state index in [0.29, 0.717) is 13.2 Å².